The van der Waals surface area contributed by atoms with Crippen molar-refractivity contribution in [1.29, 1.82) is 0 Å². The Kier molecular flexibility index (Phi) is 7.24. The Hall–Kier alpha value is -2.70. The van der Waals surface area contributed by atoms with E-state index in [0.29, 0.717) is 13.1 Å². The lowest BCUT2D eigenvalue weighted by atomic mass is 10.1. The normalized spacial score (nSPS) is 15.1. The van der Waals surface area contributed by atoms with Crippen LogP contribution in [0.5, 0.6) is 0 Å². The van der Waals surface area contributed by atoms with Crippen LogP contribution < -0.4 is 10.6 Å². The van der Waals surface area contributed by atoms with Crippen LogP contribution in [0.2, 0.25) is 0 Å². The molecule has 30 heavy (non-hydrogen) atoms. The van der Waals surface area contributed by atoms with Gasteiger partial charge < -0.3 is 10.6 Å². The predicted molar refractivity (Wildman–Crippen MR) is 122 cm³/mol. The number of carbonyl (C=O) groups excluding carboxylic acids is 2. The molecule has 2 N–H and O–H groups in total. The van der Waals surface area contributed by atoms with Crippen molar-refractivity contribution in [2.24, 2.45) is 0 Å². The van der Waals surface area contributed by atoms with Crippen molar-refractivity contribution in [2.45, 2.75) is 27.7 Å². The molecule has 6 heteroatoms. The van der Waals surface area contributed by atoms with Gasteiger partial charge in [0.15, 0.2) is 0 Å². The van der Waals surface area contributed by atoms with Gasteiger partial charge in [0.2, 0.25) is 11.8 Å². The van der Waals surface area contributed by atoms with Crippen LogP contribution in [-0.2, 0) is 9.59 Å². The van der Waals surface area contributed by atoms with Gasteiger partial charge in [-0.1, -0.05) is 30.3 Å². The summed E-state index contributed by atoms with van der Waals surface area (Å²) in [5.41, 5.74) is 6.12. The lowest BCUT2D eigenvalue weighted by Crippen LogP contribution is -2.50. The molecule has 1 aliphatic rings. The van der Waals surface area contributed by atoms with Crippen molar-refractivity contribution in [1.82, 2.24) is 9.80 Å². The number of benzene rings is 2. The van der Waals surface area contributed by atoms with Crippen molar-refractivity contribution in [3.05, 3.63) is 58.7 Å². The van der Waals surface area contributed by atoms with E-state index < -0.39 is 0 Å². The van der Waals surface area contributed by atoms with E-state index in [-0.39, 0.29) is 11.8 Å². The predicted octanol–water partition coefficient (Wildman–Crippen LogP) is 3.12. The smallest absolute Gasteiger partial charge is 0.238 e. The van der Waals surface area contributed by atoms with Crippen LogP contribution in [0.15, 0.2) is 36.4 Å². The first-order valence-corrected chi connectivity index (χ1v) is 10.5. The van der Waals surface area contributed by atoms with Gasteiger partial charge in [0.1, 0.15) is 0 Å². The number of hydrogen-bond acceptors (Lipinski definition) is 4. The highest BCUT2D eigenvalue weighted by Gasteiger charge is 2.21. The third kappa shape index (κ3) is 5.90. The molecule has 0 bridgehead atoms. The maximum atomic E-state index is 12.5. The zero-order valence-corrected chi connectivity index (χ0v) is 18.4. The van der Waals surface area contributed by atoms with Gasteiger partial charge in [-0.3, -0.25) is 19.4 Å². The van der Waals surface area contributed by atoms with Gasteiger partial charge in [-0.15, -0.1) is 0 Å². The van der Waals surface area contributed by atoms with Gasteiger partial charge >= 0.3 is 0 Å². The maximum absolute atomic E-state index is 12.5. The van der Waals surface area contributed by atoms with E-state index in [1.807, 2.05) is 64.1 Å². The summed E-state index contributed by atoms with van der Waals surface area (Å²) in [5.74, 6) is 0.0124. The fourth-order valence-electron chi connectivity index (χ4n) is 3.76. The number of rotatable bonds is 6. The van der Waals surface area contributed by atoms with E-state index in [0.717, 1.165) is 59.8 Å². The lowest BCUT2D eigenvalue weighted by molar-refractivity contribution is -0.120. The molecule has 1 fully saturated rings. The molecule has 1 aliphatic heterocycles. The van der Waals surface area contributed by atoms with E-state index in [1.165, 1.54) is 0 Å². The summed E-state index contributed by atoms with van der Waals surface area (Å²) in [6, 6.07) is 12.1. The molecule has 3 rings (SSSR count). The zero-order valence-electron chi connectivity index (χ0n) is 18.4. The van der Waals surface area contributed by atoms with Crippen LogP contribution in [0.25, 0.3) is 0 Å². The topological polar surface area (TPSA) is 64.7 Å². The summed E-state index contributed by atoms with van der Waals surface area (Å²) >= 11 is 0. The van der Waals surface area contributed by atoms with Crippen LogP contribution in [0, 0.1) is 27.7 Å². The molecule has 0 unspecified atom stereocenters. The Bertz CT molecular complexity index is 897. The molecular formula is C24H32N4O2. The van der Waals surface area contributed by atoms with Crippen LogP contribution in [0.4, 0.5) is 11.4 Å². The second kappa shape index (κ2) is 9.87. The molecule has 0 saturated carbocycles. The fourth-order valence-corrected chi connectivity index (χ4v) is 3.76. The quantitative estimate of drug-likeness (QED) is 0.771. The molecule has 2 aromatic rings. The highest BCUT2D eigenvalue weighted by atomic mass is 16.2. The summed E-state index contributed by atoms with van der Waals surface area (Å²) in [5, 5.41) is 6.07. The van der Waals surface area contributed by atoms with Crippen LogP contribution in [-0.4, -0.2) is 60.9 Å². The minimum atomic E-state index is 0.00456. The molecular weight excluding hydrogens is 376 g/mol. The second-order valence-corrected chi connectivity index (χ2v) is 8.23. The van der Waals surface area contributed by atoms with Gasteiger partial charge in [-0.2, -0.15) is 0 Å². The van der Waals surface area contributed by atoms with E-state index in [2.05, 4.69) is 20.4 Å². The van der Waals surface area contributed by atoms with Crippen LogP contribution in [0.1, 0.15) is 22.3 Å². The number of nitrogens with one attached hydrogen (secondary N) is 2. The maximum Gasteiger partial charge on any atom is 0.238 e. The number of hydrogen-bond donors (Lipinski definition) is 2. The number of amides is 2. The Labute approximate surface area is 179 Å². The fraction of sp³-hybridized carbons (Fsp3) is 0.417. The van der Waals surface area contributed by atoms with Gasteiger partial charge in [0.05, 0.1) is 13.1 Å². The summed E-state index contributed by atoms with van der Waals surface area (Å²) in [6.07, 6.45) is 0. The Morgan fingerprint density at radius 1 is 0.767 bits per heavy atom. The van der Waals surface area contributed by atoms with Crippen LogP contribution in [0.3, 0.4) is 0 Å². The third-order valence-electron chi connectivity index (χ3n) is 5.61. The molecule has 0 spiro atoms. The average molecular weight is 409 g/mol. The van der Waals surface area contributed by atoms with Gasteiger partial charge in [-0.25, -0.2) is 0 Å². The summed E-state index contributed by atoms with van der Waals surface area (Å²) in [4.78, 5) is 29.2. The van der Waals surface area contributed by atoms with E-state index in [4.69, 9.17) is 0 Å². The van der Waals surface area contributed by atoms with Crippen molar-refractivity contribution >= 4 is 23.2 Å². The molecule has 6 nitrogen and oxygen atoms in total. The number of nitrogens with zero attached hydrogens (tertiary/aromatic N) is 2. The first kappa shape index (κ1) is 22.0. The van der Waals surface area contributed by atoms with E-state index in [9.17, 15) is 9.59 Å². The van der Waals surface area contributed by atoms with Gasteiger partial charge in [0.25, 0.3) is 0 Å². The molecule has 1 heterocycles. The average Bonchev–Trinajstić information content (AvgIpc) is 2.69. The lowest BCUT2D eigenvalue weighted by Gasteiger charge is -2.33. The number of carbonyl (C=O) groups is 2. The molecule has 1 saturated heterocycles. The number of anilines is 2. The molecule has 0 aliphatic carbocycles. The van der Waals surface area contributed by atoms with Crippen molar-refractivity contribution < 1.29 is 9.59 Å². The largest absolute Gasteiger partial charge is 0.325 e. The summed E-state index contributed by atoms with van der Waals surface area (Å²) in [7, 11) is 0. The highest BCUT2D eigenvalue weighted by molar-refractivity contribution is 5.94. The summed E-state index contributed by atoms with van der Waals surface area (Å²) in [6.45, 7) is 11.9. The Morgan fingerprint density at radius 3 is 1.87 bits per heavy atom. The molecule has 0 atom stereocenters. The van der Waals surface area contributed by atoms with Crippen molar-refractivity contribution in [3.63, 3.8) is 0 Å². The Morgan fingerprint density at radius 2 is 1.30 bits per heavy atom. The minimum absolute atomic E-state index is 0.00456. The van der Waals surface area contributed by atoms with E-state index >= 15 is 0 Å². The van der Waals surface area contributed by atoms with Crippen LogP contribution >= 0.6 is 0 Å². The second-order valence-electron chi connectivity index (χ2n) is 8.23. The number of para-hydroxylation sites is 1. The first-order valence-electron chi connectivity index (χ1n) is 10.5. The molecule has 0 aromatic heterocycles. The number of piperazine rings is 1. The molecule has 160 valence electrons. The first-order chi connectivity index (χ1) is 14.3. The van der Waals surface area contributed by atoms with Crippen molar-refractivity contribution in [3.8, 4) is 0 Å². The molecule has 2 aromatic carbocycles. The standard InChI is InChI=1S/C24H32N4O2/c1-17-8-9-18(2)21(14-17)25-22(29)15-27-10-12-28(13-11-27)16-23(30)26-24-19(3)6-5-7-20(24)4/h5-9,14H,10-13,15-16H2,1-4H3,(H,25,29)(H,26,30). The monoisotopic (exact) mass is 408 g/mol. The Balaban J connectivity index is 1.44. The highest BCUT2D eigenvalue weighted by Crippen LogP contribution is 2.19. The molecule has 0 radical (unpaired) electrons. The van der Waals surface area contributed by atoms with Gasteiger partial charge in [-0.05, 0) is 56.0 Å². The summed E-state index contributed by atoms with van der Waals surface area (Å²) < 4.78 is 0. The molecule has 2 amide bonds. The minimum Gasteiger partial charge on any atom is -0.325 e. The van der Waals surface area contributed by atoms with Crippen molar-refractivity contribution in [2.75, 3.05) is 49.9 Å². The van der Waals surface area contributed by atoms with Gasteiger partial charge in [0, 0.05) is 37.6 Å². The SMILES string of the molecule is Cc1ccc(C)c(NC(=O)CN2CCN(CC(=O)Nc3c(C)cccc3C)CC2)c1. The number of aryl methyl sites for hydroxylation is 4. The zero-order chi connectivity index (χ0) is 21.7. The third-order valence-corrected chi connectivity index (χ3v) is 5.61. The van der Waals surface area contributed by atoms with E-state index in [1.54, 1.807) is 0 Å².